The zero-order valence-electron chi connectivity index (χ0n) is 12.9. The highest BCUT2D eigenvalue weighted by molar-refractivity contribution is 7.09. The van der Waals surface area contributed by atoms with E-state index in [9.17, 15) is 9.59 Å². The Morgan fingerprint density at radius 2 is 2.09 bits per heavy atom. The molecule has 0 fully saturated rings. The number of nitrogens with one attached hydrogen (secondary N) is 3. The molecular weight excluding hydrogens is 334 g/mol. The number of anilines is 2. The maximum Gasteiger partial charge on any atom is 0.242 e. The molecule has 2 rings (SSSR count). The first-order chi connectivity index (χ1) is 11.0. The lowest BCUT2D eigenvalue weighted by atomic mass is 10.2. The standard InChI is InChI=1S/C16H18ClN3O2S/c1-10(16(22)18-9-13-4-3-7-23-13)19-12-5-6-15(14(17)8-12)20-11(2)21/h3-8,10,19H,9H2,1-2H3,(H,18,22)(H,20,21)/t10-/m0/s1. The molecule has 0 aliphatic heterocycles. The van der Waals surface area contributed by atoms with Crippen molar-refractivity contribution in [2.75, 3.05) is 10.6 Å². The van der Waals surface area contributed by atoms with Crippen molar-refractivity contribution in [3.8, 4) is 0 Å². The number of rotatable bonds is 6. The summed E-state index contributed by atoms with van der Waals surface area (Å²) in [6.07, 6.45) is 0. The van der Waals surface area contributed by atoms with E-state index in [4.69, 9.17) is 11.6 Å². The van der Waals surface area contributed by atoms with Gasteiger partial charge in [-0.1, -0.05) is 17.7 Å². The van der Waals surface area contributed by atoms with Crippen molar-refractivity contribution in [2.45, 2.75) is 26.4 Å². The lowest BCUT2D eigenvalue weighted by molar-refractivity contribution is -0.121. The molecule has 23 heavy (non-hydrogen) atoms. The second-order valence-electron chi connectivity index (χ2n) is 5.04. The van der Waals surface area contributed by atoms with Gasteiger partial charge < -0.3 is 16.0 Å². The van der Waals surface area contributed by atoms with Crippen molar-refractivity contribution in [2.24, 2.45) is 0 Å². The van der Waals surface area contributed by atoms with Gasteiger partial charge in [0, 0.05) is 17.5 Å². The van der Waals surface area contributed by atoms with E-state index in [2.05, 4.69) is 16.0 Å². The number of carbonyl (C=O) groups excluding carboxylic acids is 2. The molecule has 0 aliphatic carbocycles. The lowest BCUT2D eigenvalue weighted by Gasteiger charge is -2.16. The summed E-state index contributed by atoms with van der Waals surface area (Å²) in [7, 11) is 0. The highest BCUT2D eigenvalue weighted by Crippen LogP contribution is 2.25. The van der Waals surface area contributed by atoms with Crippen LogP contribution in [0.4, 0.5) is 11.4 Å². The molecule has 122 valence electrons. The van der Waals surface area contributed by atoms with Gasteiger partial charge in [0.15, 0.2) is 0 Å². The lowest BCUT2D eigenvalue weighted by Crippen LogP contribution is -2.37. The topological polar surface area (TPSA) is 70.2 Å². The van der Waals surface area contributed by atoms with Crippen LogP contribution in [0.15, 0.2) is 35.7 Å². The van der Waals surface area contributed by atoms with Gasteiger partial charge in [0.05, 0.1) is 17.3 Å². The van der Waals surface area contributed by atoms with Gasteiger partial charge in [-0.05, 0) is 36.6 Å². The van der Waals surface area contributed by atoms with Crippen LogP contribution in [0.25, 0.3) is 0 Å². The Labute approximate surface area is 144 Å². The fourth-order valence-electron chi connectivity index (χ4n) is 1.95. The van der Waals surface area contributed by atoms with Crippen LogP contribution in [0.5, 0.6) is 0 Å². The minimum absolute atomic E-state index is 0.0968. The molecule has 2 amide bonds. The molecule has 1 atom stereocenters. The average molecular weight is 352 g/mol. The number of benzene rings is 1. The van der Waals surface area contributed by atoms with Gasteiger partial charge in [-0.25, -0.2) is 0 Å². The Morgan fingerprint density at radius 1 is 1.30 bits per heavy atom. The normalized spacial score (nSPS) is 11.6. The Balaban J connectivity index is 1.91. The fourth-order valence-corrected chi connectivity index (χ4v) is 2.82. The third kappa shape index (κ3) is 5.26. The van der Waals surface area contributed by atoms with Crippen LogP contribution in [-0.2, 0) is 16.1 Å². The largest absolute Gasteiger partial charge is 0.374 e. The van der Waals surface area contributed by atoms with Crippen LogP contribution in [-0.4, -0.2) is 17.9 Å². The maximum absolute atomic E-state index is 12.1. The van der Waals surface area contributed by atoms with Crippen molar-refractivity contribution in [3.63, 3.8) is 0 Å². The quantitative estimate of drug-likeness (QED) is 0.746. The van der Waals surface area contributed by atoms with Gasteiger partial charge in [-0.3, -0.25) is 9.59 Å². The minimum Gasteiger partial charge on any atom is -0.374 e. The van der Waals surface area contributed by atoms with Crippen LogP contribution in [0.3, 0.4) is 0 Å². The van der Waals surface area contributed by atoms with E-state index in [-0.39, 0.29) is 11.8 Å². The molecule has 5 nitrogen and oxygen atoms in total. The van der Waals surface area contributed by atoms with Gasteiger partial charge >= 0.3 is 0 Å². The highest BCUT2D eigenvalue weighted by Gasteiger charge is 2.13. The predicted octanol–water partition coefficient (Wildman–Crippen LogP) is 3.48. The van der Waals surface area contributed by atoms with E-state index < -0.39 is 6.04 Å². The number of amides is 2. The minimum atomic E-state index is -0.405. The predicted molar refractivity (Wildman–Crippen MR) is 95.0 cm³/mol. The summed E-state index contributed by atoms with van der Waals surface area (Å²) in [5.41, 5.74) is 1.25. The molecule has 0 aliphatic rings. The molecule has 7 heteroatoms. The Bertz CT molecular complexity index is 689. The Hall–Kier alpha value is -2.05. The van der Waals surface area contributed by atoms with Gasteiger partial charge in [0.1, 0.15) is 6.04 Å². The van der Waals surface area contributed by atoms with E-state index in [1.165, 1.54) is 6.92 Å². The monoisotopic (exact) mass is 351 g/mol. The number of hydrogen-bond donors (Lipinski definition) is 3. The average Bonchev–Trinajstić information content (AvgIpc) is 3.00. The van der Waals surface area contributed by atoms with E-state index in [1.807, 2.05) is 17.5 Å². The fraction of sp³-hybridized carbons (Fsp3) is 0.250. The molecule has 0 unspecified atom stereocenters. The van der Waals surface area contributed by atoms with Crippen LogP contribution >= 0.6 is 22.9 Å². The summed E-state index contributed by atoms with van der Waals surface area (Å²) in [6.45, 7) is 3.71. The summed E-state index contributed by atoms with van der Waals surface area (Å²) in [6, 6.07) is 8.66. The summed E-state index contributed by atoms with van der Waals surface area (Å²) in [5, 5.41) is 11.0. The molecule has 1 aromatic carbocycles. The van der Waals surface area contributed by atoms with Crippen LogP contribution in [0.1, 0.15) is 18.7 Å². The molecule has 0 bridgehead atoms. The van der Waals surface area contributed by atoms with Crippen molar-refractivity contribution >= 4 is 46.1 Å². The maximum atomic E-state index is 12.1. The van der Waals surface area contributed by atoms with Crippen molar-refractivity contribution in [3.05, 3.63) is 45.6 Å². The third-order valence-corrected chi connectivity index (χ3v) is 4.26. The number of halogens is 1. The molecule has 0 spiro atoms. The van der Waals surface area contributed by atoms with E-state index in [1.54, 1.807) is 36.5 Å². The van der Waals surface area contributed by atoms with E-state index in [0.717, 1.165) is 4.88 Å². The molecule has 0 saturated carbocycles. The zero-order chi connectivity index (χ0) is 16.8. The first kappa shape index (κ1) is 17.3. The molecule has 1 heterocycles. The molecule has 0 radical (unpaired) electrons. The van der Waals surface area contributed by atoms with Gasteiger partial charge in [0.25, 0.3) is 0 Å². The molecular formula is C16H18ClN3O2S. The highest BCUT2D eigenvalue weighted by atomic mass is 35.5. The van der Waals surface area contributed by atoms with Gasteiger partial charge in [-0.15, -0.1) is 11.3 Å². The zero-order valence-corrected chi connectivity index (χ0v) is 14.4. The summed E-state index contributed by atoms with van der Waals surface area (Å²) < 4.78 is 0. The summed E-state index contributed by atoms with van der Waals surface area (Å²) in [4.78, 5) is 24.2. The van der Waals surface area contributed by atoms with Gasteiger partial charge in [-0.2, -0.15) is 0 Å². The number of carbonyl (C=O) groups is 2. The third-order valence-electron chi connectivity index (χ3n) is 3.07. The first-order valence-electron chi connectivity index (χ1n) is 7.09. The second-order valence-corrected chi connectivity index (χ2v) is 6.48. The summed E-state index contributed by atoms with van der Waals surface area (Å²) >= 11 is 7.71. The smallest absolute Gasteiger partial charge is 0.242 e. The second kappa shape index (κ2) is 7.99. The van der Waals surface area contributed by atoms with Crippen LogP contribution in [0.2, 0.25) is 5.02 Å². The van der Waals surface area contributed by atoms with E-state index in [0.29, 0.717) is 22.9 Å². The van der Waals surface area contributed by atoms with Crippen molar-refractivity contribution < 1.29 is 9.59 Å². The summed E-state index contributed by atoms with van der Waals surface area (Å²) in [5.74, 6) is -0.283. The Morgan fingerprint density at radius 3 is 2.70 bits per heavy atom. The molecule has 1 aromatic heterocycles. The number of hydrogen-bond acceptors (Lipinski definition) is 4. The van der Waals surface area contributed by atoms with Crippen LogP contribution < -0.4 is 16.0 Å². The van der Waals surface area contributed by atoms with Crippen molar-refractivity contribution in [1.29, 1.82) is 0 Å². The number of thiophene rings is 1. The van der Waals surface area contributed by atoms with E-state index >= 15 is 0 Å². The molecule has 2 aromatic rings. The van der Waals surface area contributed by atoms with Crippen molar-refractivity contribution in [1.82, 2.24) is 5.32 Å². The molecule has 0 saturated heterocycles. The Kier molecular flexibility index (Phi) is 6.01. The van der Waals surface area contributed by atoms with Crippen LogP contribution in [0, 0.1) is 0 Å². The van der Waals surface area contributed by atoms with Gasteiger partial charge in [0.2, 0.25) is 11.8 Å². The molecule has 3 N–H and O–H groups in total. The SMILES string of the molecule is CC(=O)Nc1ccc(N[C@@H](C)C(=O)NCc2cccs2)cc1Cl. The first-order valence-corrected chi connectivity index (χ1v) is 8.35.